The molecule has 47 heavy (non-hydrogen) atoms. The number of unbranched alkanes of at least 4 members (excludes halogenated alkanes) is 12. The zero-order chi connectivity index (χ0) is 34.5. The van der Waals surface area contributed by atoms with Gasteiger partial charge in [-0.2, -0.15) is 13.2 Å². The van der Waals surface area contributed by atoms with Crippen molar-refractivity contribution in [3.8, 4) is 11.5 Å². The van der Waals surface area contributed by atoms with E-state index in [1.807, 2.05) is 0 Å². The molecule has 1 aromatic carbocycles. The van der Waals surface area contributed by atoms with Crippen molar-refractivity contribution in [2.24, 2.45) is 0 Å². The summed E-state index contributed by atoms with van der Waals surface area (Å²) >= 11 is 0. The topological polar surface area (TPSA) is 138 Å². The third kappa shape index (κ3) is 20.3. The number of rotatable bonds is 25. The van der Waals surface area contributed by atoms with E-state index < -0.39 is 38.7 Å². The molecule has 1 aromatic heterocycles. The van der Waals surface area contributed by atoms with Crippen LogP contribution in [0, 0.1) is 0 Å². The van der Waals surface area contributed by atoms with E-state index in [4.69, 9.17) is 9.47 Å². The van der Waals surface area contributed by atoms with Crippen LogP contribution in [0.4, 0.5) is 13.2 Å². The smallest absolute Gasteiger partial charge is 0.422 e. The fraction of sp³-hybridized carbons (Fsp3) is 0.647. The van der Waals surface area contributed by atoms with Crippen LogP contribution < -0.4 is 14.8 Å². The van der Waals surface area contributed by atoms with E-state index in [9.17, 15) is 37.4 Å². The Kier molecular flexibility index (Phi) is 19.0. The molecule has 2 rings (SSSR count). The highest BCUT2D eigenvalue weighted by molar-refractivity contribution is 7.51. The molecule has 2 atom stereocenters. The quantitative estimate of drug-likeness (QED) is 0.0617. The molecule has 2 aromatic rings. The van der Waals surface area contributed by atoms with Crippen molar-refractivity contribution < 1.29 is 46.9 Å². The van der Waals surface area contributed by atoms with Crippen molar-refractivity contribution >= 4 is 13.5 Å². The molecule has 0 spiro atoms. The van der Waals surface area contributed by atoms with Crippen LogP contribution in [0.15, 0.2) is 42.6 Å². The Labute approximate surface area is 276 Å². The van der Waals surface area contributed by atoms with E-state index >= 15 is 0 Å². The largest absolute Gasteiger partial charge is 0.487 e. The summed E-state index contributed by atoms with van der Waals surface area (Å²) in [6.07, 6.45) is 10.5. The Balaban J connectivity index is 1.78. The van der Waals surface area contributed by atoms with Gasteiger partial charge in [0.25, 0.3) is 0 Å². The molecule has 4 N–H and O–H groups in total. The summed E-state index contributed by atoms with van der Waals surface area (Å²) in [5.41, 5.74) is 1.05. The highest BCUT2D eigenvalue weighted by atomic mass is 31.2. The summed E-state index contributed by atoms with van der Waals surface area (Å²) in [6, 6.07) is 8.44. The van der Waals surface area contributed by atoms with E-state index in [1.54, 1.807) is 24.3 Å². The standard InChI is InChI=1S/C34H52F3N2O7P/c1-2-3-4-5-6-7-8-9-10-11-12-13-14-15-33(41)39-31(32(40)25-47(42,43)44)22-27-16-18-29(19-17-27)45-24-28-23-30(20-21-38-28)46-26-34(35,36)37/h16-21,23,31-32,40H,2-15,22,24-26H2,1H3,(H,39,41)(H2,42,43,44)/t31-,32?/m0/s1. The Morgan fingerprint density at radius 1 is 0.872 bits per heavy atom. The summed E-state index contributed by atoms with van der Waals surface area (Å²) in [4.78, 5) is 35.6. The number of aliphatic hydroxyl groups is 1. The number of aromatic nitrogens is 1. The number of benzene rings is 1. The Bertz CT molecular complexity index is 1190. The van der Waals surface area contributed by atoms with Crippen LogP contribution in [0.3, 0.4) is 0 Å². The lowest BCUT2D eigenvalue weighted by atomic mass is 10.0. The fourth-order valence-corrected chi connectivity index (χ4v) is 5.90. The lowest BCUT2D eigenvalue weighted by molar-refractivity contribution is -0.153. The molecule has 1 amide bonds. The normalized spacial score (nSPS) is 13.3. The molecule has 0 radical (unpaired) electrons. The molecule has 0 bridgehead atoms. The first-order valence-electron chi connectivity index (χ1n) is 16.7. The number of halogens is 3. The average Bonchev–Trinajstić information content (AvgIpc) is 3.00. The molecule has 0 aliphatic rings. The molecule has 0 aliphatic carbocycles. The number of hydrogen-bond donors (Lipinski definition) is 4. The maximum Gasteiger partial charge on any atom is 0.422 e. The predicted octanol–water partition coefficient (Wildman–Crippen LogP) is 7.65. The number of carbonyl (C=O) groups excluding carboxylic acids is 1. The number of ether oxygens (including phenoxy) is 2. The van der Waals surface area contributed by atoms with Crippen LogP contribution in [0.25, 0.3) is 0 Å². The van der Waals surface area contributed by atoms with Gasteiger partial charge in [0.1, 0.15) is 18.1 Å². The van der Waals surface area contributed by atoms with E-state index in [0.717, 1.165) is 19.3 Å². The van der Waals surface area contributed by atoms with E-state index in [-0.39, 0.29) is 31.1 Å². The van der Waals surface area contributed by atoms with E-state index in [1.165, 1.54) is 76.1 Å². The Hall–Kier alpha value is -2.66. The maximum absolute atomic E-state index is 12.7. The molecule has 0 fully saturated rings. The van der Waals surface area contributed by atoms with E-state index in [0.29, 0.717) is 23.4 Å². The molecule has 1 unspecified atom stereocenters. The van der Waals surface area contributed by atoms with Gasteiger partial charge < -0.3 is 29.7 Å². The average molecular weight is 689 g/mol. The minimum absolute atomic E-state index is 0.0160. The number of nitrogens with one attached hydrogen (secondary N) is 1. The molecule has 0 saturated carbocycles. The summed E-state index contributed by atoms with van der Waals surface area (Å²) in [5, 5.41) is 13.4. The van der Waals surface area contributed by atoms with Crippen LogP contribution in [-0.4, -0.2) is 56.9 Å². The first kappa shape index (κ1) is 40.5. The van der Waals surface area contributed by atoms with Gasteiger partial charge in [-0.3, -0.25) is 14.3 Å². The fourth-order valence-electron chi connectivity index (χ4n) is 5.16. The van der Waals surface area contributed by atoms with Gasteiger partial charge in [0.05, 0.1) is 24.0 Å². The van der Waals surface area contributed by atoms with Crippen molar-refractivity contribution in [1.82, 2.24) is 10.3 Å². The zero-order valence-corrected chi connectivity index (χ0v) is 28.3. The number of nitrogens with zero attached hydrogens (tertiary/aromatic N) is 1. The molecular formula is C34H52F3N2O7P. The summed E-state index contributed by atoms with van der Waals surface area (Å²) in [7, 11) is -4.53. The molecule has 13 heteroatoms. The third-order valence-corrected chi connectivity index (χ3v) is 8.55. The number of hydrogen-bond acceptors (Lipinski definition) is 6. The van der Waals surface area contributed by atoms with Crippen molar-refractivity contribution in [2.45, 2.75) is 128 Å². The van der Waals surface area contributed by atoms with Crippen molar-refractivity contribution in [1.29, 1.82) is 0 Å². The van der Waals surface area contributed by atoms with Gasteiger partial charge in [0.2, 0.25) is 5.91 Å². The summed E-state index contributed by atoms with van der Waals surface area (Å²) in [5.74, 6) is 0.176. The lowest BCUT2D eigenvalue weighted by Crippen LogP contribution is -2.46. The van der Waals surface area contributed by atoms with Crippen LogP contribution in [0.2, 0.25) is 0 Å². The third-order valence-electron chi connectivity index (χ3n) is 7.70. The van der Waals surface area contributed by atoms with Crippen LogP contribution >= 0.6 is 7.60 Å². The molecule has 1 heterocycles. The molecule has 0 saturated heterocycles. The first-order chi connectivity index (χ1) is 22.3. The maximum atomic E-state index is 12.7. The monoisotopic (exact) mass is 688 g/mol. The van der Waals surface area contributed by atoms with Crippen LogP contribution in [0.1, 0.15) is 108 Å². The van der Waals surface area contributed by atoms with Gasteiger partial charge in [-0.25, -0.2) is 0 Å². The minimum Gasteiger partial charge on any atom is -0.487 e. The Morgan fingerprint density at radius 2 is 1.45 bits per heavy atom. The SMILES string of the molecule is CCCCCCCCCCCCCCCC(=O)N[C@@H](Cc1ccc(OCc2cc(OCC(F)(F)F)ccn2)cc1)C(O)CP(=O)(O)O. The van der Waals surface area contributed by atoms with Crippen molar-refractivity contribution in [3.63, 3.8) is 0 Å². The molecule has 0 aliphatic heterocycles. The van der Waals surface area contributed by atoms with Crippen molar-refractivity contribution in [3.05, 3.63) is 53.9 Å². The van der Waals surface area contributed by atoms with Gasteiger partial charge in [-0.15, -0.1) is 0 Å². The first-order valence-corrected chi connectivity index (χ1v) is 18.5. The van der Waals surface area contributed by atoms with Crippen LogP contribution in [0.5, 0.6) is 11.5 Å². The molecular weight excluding hydrogens is 636 g/mol. The molecule has 266 valence electrons. The number of amides is 1. The second-order valence-corrected chi connectivity index (χ2v) is 13.8. The second-order valence-electron chi connectivity index (χ2n) is 12.1. The van der Waals surface area contributed by atoms with Crippen molar-refractivity contribution in [2.75, 3.05) is 12.8 Å². The Morgan fingerprint density at radius 3 is 2.00 bits per heavy atom. The number of carbonyl (C=O) groups is 1. The van der Waals surface area contributed by atoms with Crippen LogP contribution in [-0.2, 0) is 22.4 Å². The second kappa shape index (κ2) is 22.1. The number of aliphatic hydroxyl groups excluding tert-OH is 1. The number of alkyl halides is 3. The van der Waals surface area contributed by atoms with Gasteiger partial charge in [-0.1, -0.05) is 96.1 Å². The predicted molar refractivity (Wildman–Crippen MR) is 175 cm³/mol. The van der Waals surface area contributed by atoms with Gasteiger partial charge in [-0.05, 0) is 36.6 Å². The van der Waals surface area contributed by atoms with Gasteiger partial charge >= 0.3 is 13.8 Å². The lowest BCUT2D eigenvalue weighted by Gasteiger charge is -2.25. The van der Waals surface area contributed by atoms with E-state index in [2.05, 4.69) is 17.2 Å². The molecule has 9 nitrogen and oxygen atoms in total. The summed E-state index contributed by atoms with van der Waals surface area (Å²) < 4.78 is 59.2. The highest BCUT2D eigenvalue weighted by Gasteiger charge is 2.29. The number of pyridine rings is 1. The highest BCUT2D eigenvalue weighted by Crippen LogP contribution is 2.36. The van der Waals surface area contributed by atoms with Gasteiger partial charge in [0.15, 0.2) is 6.61 Å². The van der Waals surface area contributed by atoms with Gasteiger partial charge in [0, 0.05) is 18.7 Å². The zero-order valence-electron chi connectivity index (χ0n) is 27.4. The summed E-state index contributed by atoms with van der Waals surface area (Å²) in [6.45, 7) is 0.786. The minimum atomic E-state index is -4.53.